The fourth-order valence-corrected chi connectivity index (χ4v) is 8.01. The highest BCUT2D eigenvalue weighted by atomic mass is 16.6. The van der Waals surface area contributed by atoms with Crippen LogP contribution in [0.3, 0.4) is 0 Å². The fourth-order valence-electron chi connectivity index (χ4n) is 8.01. The van der Waals surface area contributed by atoms with Gasteiger partial charge in [0, 0.05) is 19.3 Å². The summed E-state index contributed by atoms with van der Waals surface area (Å²) in [6.07, 6.45) is 96.4. The summed E-state index contributed by atoms with van der Waals surface area (Å²) in [6.45, 7) is 6.30. The molecule has 0 aromatic carbocycles. The minimum absolute atomic E-state index is 0.123. The lowest BCUT2D eigenvalue weighted by Crippen LogP contribution is -2.30. The van der Waals surface area contributed by atoms with Crippen LogP contribution in [0, 0.1) is 0 Å². The van der Waals surface area contributed by atoms with Crippen LogP contribution in [-0.2, 0) is 28.6 Å². The molecular formula is C73H114O6. The minimum atomic E-state index is -0.826. The third kappa shape index (κ3) is 63.5. The zero-order valence-corrected chi connectivity index (χ0v) is 50.6. The Hall–Kier alpha value is -5.23. The first-order chi connectivity index (χ1) is 39.0. The number of carbonyl (C=O) groups is 3. The van der Waals surface area contributed by atoms with E-state index in [2.05, 4.69) is 191 Å². The van der Waals surface area contributed by atoms with Crippen LogP contribution >= 0.6 is 0 Å². The number of carbonyl (C=O) groups excluding carboxylic acids is 3. The fraction of sp³-hybridized carbons (Fsp3) is 0.575. The van der Waals surface area contributed by atoms with Gasteiger partial charge in [0.15, 0.2) is 6.10 Å². The Bertz CT molecular complexity index is 1820. The molecule has 0 bridgehead atoms. The van der Waals surface area contributed by atoms with Gasteiger partial charge in [0.25, 0.3) is 0 Å². The first-order valence-electron chi connectivity index (χ1n) is 31.6. The van der Waals surface area contributed by atoms with E-state index < -0.39 is 6.10 Å². The van der Waals surface area contributed by atoms with Gasteiger partial charge >= 0.3 is 17.9 Å². The van der Waals surface area contributed by atoms with Crippen LogP contribution < -0.4 is 0 Å². The summed E-state index contributed by atoms with van der Waals surface area (Å²) >= 11 is 0. The van der Waals surface area contributed by atoms with Gasteiger partial charge in [0.1, 0.15) is 13.2 Å². The number of allylic oxidation sites excluding steroid dienone is 28. The highest BCUT2D eigenvalue weighted by molar-refractivity contribution is 5.71. The molecule has 0 amide bonds. The van der Waals surface area contributed by atoms with Crippen LogP contribution in [-0.4, -0.2) is 37.2 Å². The summed E-state index contributed by atoms with van der Waals surface area (Å²) in [4.78, 5) is 38.3. The lowest BCUT2D eigenvalue weighted by atomic mass is 10.1. The van der Waals surface area contributed by atoms with E-state index in [-0.39, 0.29) is 44.0 Å². The molecule has 1 atom stereocenters. The van der Waals surface area contributed by atoms with E-state index in [0.29, 0.717) is 19.3 Å². The van der Waals surface area contributed by atoms with E-state index in [1.807, 2.05) is 0 Å². The summed E-state index contributed by atoms with van der Waals surface area (Å²) in [5.41, 5.74) is 0. The van der Waals surface area contributed by atoms with E-state index in [0.717, 1.165) is 128 Å². The second-order valence-electron chi connectivity index (χ2n) is 20.2. The van der Waals surface area contributed by atoms with Crippen LogP contribution in [0.2, 0.25) is 0 Å². The van der Waals surface area contributed by atoms with Gasteiger partial charge < -0.3 is 14.2 Å². The molecule has 0 radical (unpaired) electrons. The molecule has 0 aliphatic rings. The predicted molar refractivity (Wildman–Crippen MR) is 343 cm³/mol. The zero-order chi connectivity index (χ0) is 57.1. The molecule has 0 N–H and O–H groups in total. The van der Waals surface area contributed by atoms with Crippen molar-refractivity contribution in [3.63, 3.8) is 0 Å². The van der Waals surface area contributed by atoms with Crippen molar-refractivity contribution in [2.45, 2.75) is 258 Å². The first-order valence-corrected chi connectivity index (χ1v) is 31.6. The number of unbranched alkanes of at least 4 members (excludes halogenated alkanes) is 16. The van der Waals surface area contributed by atoms with Crippen LogP contribution in [0.25, 0.3) is 0 Å². The molecule has 0 aliphatic heterocycles. The van der Waals surface area contributed by atoms with Crippen LogP contribution in [0.5, 0.6) is 0 Å². The minimum Gasteiger partial charge on any atom is -0.462 e. The summed E-state index contributed by atoms with van der Waals surface area (Å²) < 4.78 is 16.8. The molecule has 442 valence electrons. The average Bonchev–Trinajstić information content (AvgIpc) is 3.45. The normalized spacial score (nSPS) is 13.3. The summed E-state index contributed by atoms with van der Waals surface area (Å²) in [6, 6.07) is 0. The molecule has 6 nitrogen and oxygen atoms in total. The first kappa shape index (κ1) is 73.8. The Kier molecular flexibility index (Phi) is 61.0. The zero-order valence-electron chi connectivity index (χ0n) is 50.6. The summed E-state index contributed by atoms with van der Waals surface area (Å²) in [7, 11) is 0. The van der Waals surface area contributed by atoms with Gasteiger partial charge in [-0.2, -0.15) is 0 Å². The third-order valence-corrected chi connectivity index (χ3v) is 12.7. The number of hydrogen-bond acceptors (Lipinski definition) is 6. The molecule has 0 spiro atoms. The Morgan fingerprint density at radius 1 is 0.266 bits per heavy atom. The van der Waals surface area contributed by atoms with Crippen LogP contribution in [0.4, 0.5) is 0 Å². The predicted octanol–water partition coefficient (Wildman–Crippen LogP) is 21.9. The molecular weight excluding hydrogens is 973 g/mol. The highest BCUT2D eigenvalue weighted by Crippen LogP contribution is 2.14. The molecule has 0 aromatic rings. The molecule has 0 aromatic heterocycles. The summed E-state index contributed by atoms with van der Waals surface area (Å²) in [5, 5.41) is 0. The third-order valence-electron chi connectivity index (χ3n) is 12.7. The quantitative estimate of drug-likeness (QED) is 0.0261. The monoisotopic (exact) mass is 1090 g/mol. The van der Waals surface area contributed by atoms with E-state index in [1.54, 1.807) is 0 Å². The van der Waals surface area contributed by atoms with Gasteiger partial charge in [-0.25, -0.2) is 0 Å². The Morgan fingerprint density at radius 3 is 0.797 bits per heavy atom. The molecule has 1 unspecified atom stereocenters. The molecule has 6 heteroatoms. The van der Waals surface area contributed by atoms with Gasteiger partial charge in [-0.3, -0.25) is 14.4 Å². The van der Waals surface area contributed by atoms with Gasteiger partial charge in [-0.05, 0) is 154 Å². The van der Waals surface area contributed by atoms with Crippen molar-refractivity contribution in [1.82, 2.24) is 0 Å². The van der Waals surface area contributed by atoms with Gasteiger partial charge in [0.2, 0.25) is 0 Å². The van der Waals surface area contributed by atoms with Crippen molar-refractivity contribution in [3.8, 4) is 0 Å². The Labute approximate surface area is 485 Å². The number of ether oxygens (including phenoxy) is 3. The second-order valence-corrected chi connectivity index (χ2v) is 20.2. The maximum atomic E-state index is 12.9. The average molecular weight is 1090 g/mol. The second kappa shape index (κ2) is 65.3. The lowest BCUT2D eigenvalue weighted by Gasteiger charge is -2.18. The van der Waals surface area contributed by atoms with Crippen LogP contribution in [0.15, 0.2) is 170 Å². The van der Waals surface area contributed by atoms with Crippen LogP contribution in [0.1, 0.15) is 252 Å². The SMILES string of the molecule is CC/C=C\C/C=C\C/C=C\C/C=C\C/C=C\C/C=C\C/C=C\C/C=C\CCCCC(=O)OCC(COC(=O)CCCC/C=C\C/C=C\C/C=C\C/C=C\CC)OC(=O)CCCCCCCCCCC/C=C\C/C=C\CCCCC. The Morgan fingerprint density at radius 2 is 0.494 bits per heavy atom. The smallest absolute Gasteiger partial charge is 0.306 e. The van der Waals surface area contributed by atoms with E-state index >= 15 is 0 Å². The highest BCUT2D eigenvalue weighted by Gasteiger charge is 2.19. The van der Waals surface area contributed by atoms with Crippen molar-refractivity contribution in [1.29, 1.82) is 0 Å². The largest absolute Gasteiger partial charge is 0.462 e. The summed E-state index contributed by atoms with van der Waals surface area (Å²) in [5.74, 6) is -1.01. The van der Waals surface area contributed by atoms with E-state index in [1.165, 1.54) is 70.6 Å². The maximum absolute atomic E-state index is 12.9. The molecule has 79 heavy (non-hydrogen) atoms. The van der Waals surface area contributed by atoms with Gasteiger partial charge in [-0.15, -0.1) is 0 Å². The van der Waals surface area contributed by atoms with Crippen molar-refractivity contribution in [2.24, 2.45) is 0 Å². The van der Waals surface area contributed by atoms with Crippen molar-refractivity contribution < 1.29 is 28.6 Å². The number of rotatable bonds is 55. The topological polar surface area (TPSA) is 78.9 Å². The van der Waals surface area contributed by atoms with Crippen molar-refractivity contribution in [2.75, 3.05) is 13.2 Å². The maximum Gasteiger partial charge on any atom is 0.306 e. The van der Waals surface area contributed by atoms with Gasteiger partial charge in [-0.1, -0.05) is 249 Å². The van der Waals surface area contributed by atoms with E-state index in [9.17, 15) is 14.4 Å². The number of esters is 3. The Balaban J connectivity index is 4.52. The standard InChI is InChI=1S/C73H114O6/c1-4-7-10-13-16-19-22-25-28-30-32-33-34-35-36-37-38-39-41-42-45-48-51-54-57-60-63-66-72(75)78-69-70(68-77-71(74)65-62-59-56-53-50-47-44-27-24-21-18-15-12-9-6-3)79-73(76)67-64-61-58-55-52-49-46-43-40-31-29-26-23-20-17-14-11-8-5-2/h7,9-10,12,16-21,25-29,32-33,35-36,38-39,42,44-45,50-51,53-54,70H,4-6,8,11,13-15,22-24,30-31,34,37,40-41,43,46-49,52,55-69H2,1-3H3/b10-7-,12-9-,19-16-,20-17-,21-18-,28-25-,29-26-,33-32-,36-35-,39-38-,44-27-,45-42-,53-50-,54-51-. The van der Waals surface area contributed by atoms with Gasteiger partial charge in [0.05, 0.1) is 0 Å². The molecule has 0 aliphatic carbocycles. The van der Waals surface area contributed by atoms with Crippen molar-refractivity contribution >= 4 is 17.9 Å². The molecule has 0 fully saturated rings. The van der Waals surface area contributed by atoms with Crippen molar-refractivity contribution in [3.05, 3.63) is 170 Å². The van der Waals surface area contributed by atoms with E-state index in [4.69, 9.17) is 14.2 Å². The number of hydrogen-bond donors (Lipinski definition) is 0. The molecule has 0 saturated carbocycles. The molecule has 0 rings (SSSR count). The lowest BCUT2D eigenvalue weighted by molar-refractivity contribution is -0.167. The molecule has 0 heterocycles. The molecule has 0 saturated heterocycles.